The zero-order valence-electron chi connectivity index (χ0n) is 8.90. The number of hydrogen-bond acceptors (Lipinski definition) is 2. The normalized spacial score (nSPS) is 12.8. The maximum absolute atomic E-state index is 13.2. The Morgan fingerprint density at radius 1 is 1.11 bits per heavy atom. The van der Waals surface area contributed by atoms with E-state index in [9.17, 15) is 26.3 Å². The van der Waals surface area contributed by atoms with Crippen molar-refractivity contribution < 1.29 is 31.1 Å². The first kappa shape index (κ1) is 14.6. The summed E-state index contributed by atoms with van der Waals surface area (Å²) >= 11 is 0. The van der Waals surface area contributed by atoms with Gasteiger partial charge in [-0.2, -0.15) is 22.0 Å². The van der Waals surface area contributed by atoms with Crippen molar-refractivity contribution in [3.05, 3.63) is 29.6 Å². The minimum absolute atomic E-state index is 0.187. The molecule has 0 aliphatic carbocycles. The molecule has 2 N–H and O–H groups in total. The third kappa shape index (κ3) is 3.28. The average Bonchev–Trinajstić information content (AvgIpc) is 2.22. The summed E-state index contributed by atoms with van der Waals surface area (Å²) < 4.78 is 77.6. The average molecular weight is 273 g/mol. The number of benzene rings is 1. The van der Waals surface area contributed by atoms with Crippen LogP contribution in [0.25, 0.3) is 0 Å². The van der Waals surface area contributed by atoms with Gasteiger partial charge in [-0.05, 0) is 6.07 Å². The number of alkyl halides is 5. The Balaban J connectivity index is 2.60. The largest absolute Gasteiger partial charge is 0.455 e. The lowest BCUT2D eigenvalue weighted by atomic mass is 10.2. The summed E-state index contributed by atoms with van der Waals surface area (Å²) in [4.78, 5) is 0. The summed E-state index contributed by atoms with van der Waals surface area (Å²) in [6.45, 7) is -2.59. The zero-order valence-corrected chi connectivity index (χ0v) is 8.90. The van der Waals surface area contributed by atoms with Gasteiger partial charge in [-0.3, -0.25) is 0 Å². The molecule has 0 amide bonds. The van der Waals surface area contributed by atoms with E-state index in [1.54, 1.807) is 0 Å². The molecule has 0 spiro atoms. The second-order valence-corrected chi connectivity index (χ2v) is 3.52. The van der Waals surface area contributed by atoms with Crippen LogP contribution < -0.4 is 5.73 Å². The predicted molar refractivity (Wildman–Crippen MR) is 51.5 cm³/mol. The van der Waals surface area contributed by atoms with E-state index >= 15 is 0 Å². The monoisotopic (exact) mass is 273 g/mol. The minimum atomic E-state index is -5.69. The van der Waals surface area contributed by atoms with Gasteiger partial charge in [0.15, 0.2) is 5.82 Å². The molecule has 2 nitrogen and oxygen atoms in total. The molecule has 0 bridgehead atoms. The second kappa shape index (κ2) is 5.05. The van der Waals surface area contributed by atoms with E-state index in [-0.39, 0.29) is 11.3 Å². The van der Waals surface area contributed by atoms with Crippen molar-refractivity contribution in [3.63, 3.8) is 0 Å². The lowest BCUT2D eigenvalue weighted by Gasteiger charge is -2.19. The molecule has 18 heavy (non-hydrogen) atoms. The first-order chi connectivity index (χ1) is 8.15. The Morgan fingerprint density at radius 3 is 2.28 bits per heavy atom. The van der Waals surface area contributed by atoms with Crippen molar-refractivity contribution in [2.24, 2.45) is 0 Å². The molecule has 0 saturated carbocycles. The molecule has 0 heterocycles. The second-order valence-electron chi connectivity index (χ2n) is 3.52. The third-order valence-electron chi connectivity index (χ3n) is 2.06. The van der Waals surface area contributed by atoms with Crippen LogP contribution in [-0.4, -0.2) is 18.7 Å². The molecule has 1 rings (SSSR count). The predicted octanol–water partition coefficient (Wildman–Crippen LogP) is 3.12. The van der Waals surface area contributed by atoms with Gasteiger partial charge in [-0.25, -0.2) is 4.39 Å². The Morgan fingerprint density at radius 2 is 1.72 bits per heavy atom. The molecule has 0 saturated heterocycles. The standard InChI is InChI=1S/C10H9F6NO/c11-8-6(2-1-3-7(8)17)4-18-5-9(12,13)10(14,15)16/h1-3H,4-5,17H2. The molecule has 8 heteroatoms. The Bertz CT molecular complexity index is 417. The molecular formula is C10H9F6NO. The molecule has 0 radical (unpaired) electrons. The maximum atomic E-state index is 13.2. The van der Waals surface area contributed by atoms with Gasteiger partial charge in [0.2, 0.25) is 0 Å². The number of anilines is 1. The fraction of sp³-hybridized carbons (Fsp3) is 0.400. The number of nitrogen functional groups attached to an aromatic ring is 1. The quantitative estimate of drug-likeness (QED) is 0.675. The summed E-state index contributed by atoms with van der Waals surface area (Å²) in [5, 5.41) is 0. The molecule has 0 aliphatic heterocycles. The summed E-state index contributed by atoms with van der Waals surface area (Å²) in [5.74, 6) is -5.86. The van der Waals surface area contributed by atoms with Crippen molar-refractivity contribution in [3.8, 4) is 0 Å². The summed E-state index contributed by atoms with van der Waals surface area (Å²) in [6.07, 6.45) is -5.69. The highest BCUT2D eigenvalue weighted by Crippen LogP contribution is 2.35. The van der Waals surface area contributed by atoms with Crippen LogP contribution in [0, 0.1) is 5.82 Å². The lowest BCUT2D eigenvalue weighted by Crippen LogP contribution is -2.40. The van der Waals surface area contributed by atoms with Crippen LogP contribution in [0.5, 0.6) is 0 Å². The number of nitrogens with two attached hydrogens (primary N) is 1. The molecular weight excluding hydrogens is 264 g/mol. The molecule has 0 aromatic heterocycles. The minimum Gasteiger partial charge on any atom is -0.396 e. The van der Waals surface area contributed by atoms with Crippen LogP contribution in [0.2, 0.25) is 0 Å². The van der Waals surface area contributed by atoms with Crippen LogP contribution in [-0.2, 0) is 11.3 Å². The smallest absolute Gasteiger partial charge is 0.396 e. The van der Waals surface area contributed by atoms with Gasteiger partial charge in [0.1, 0.15) is 6.61 Å². The van der Waals surface area contributed by atoms with E-state index in [2.05, 4.69) is 4.74 Å². The molecule has 1 aromatic carbocycles. The van der Waals surface area contributed by atoms with E-state index in [0.717, 1.165) is 0 Å². The molecule has 0 unspecified atom stereocenters. The van der Waals surface area contributed by atoms with Gasteiger partial charge in [-0.1, -0.05) is 12.1 Å². The number of rotatable bonds is 4. The summed E-state index contributed by atoms with van der Waals surface area (Å²) in [7, 11) is 0. The van der Waals surface area contributed by atoms with Crippen LogP contribution in [0.3, 0.4) is 0 Å². The van der Waals surface area contributed by atoms with Gasteiger partial charge < -0.3 is 10.5 Å². The summed E-state index contributed by atoms with van der Waals surface area (Å²) in [5.41, 5.74) is 4.76. The van der Waals surface area contributed by atoms with E-state index in [1.165, 1.54) is 18.2 Å². The highest BCUT2D eigenvalue weighted by atomic mass is 19.4. The summed E-state index contributed by atoms with van der Waals surface area (Å²) in [6, 6.07) is 3.74. The van der Waals surface area contributed by atoms with Crippen molar-refractivity contribution in [1.82, 2.24) is 0 Å². The maximum Gasteiger partial charge on any atom is 0.455 e. The SMILES string of the molecule is Nc1cccc(COCC(F)(F)C(F)(F)F)c1F. The molecule has 0 aliphatic rings. The highest BCUT2D eigenvalue weighted by Gasteiger charge is 2.57. The van der Waals surface area contributed by atoms with Gasteiger partial charge >= 0.3 is 12.1 Å². The molecule has 102 valence electrons. The molecule has 1 aromatic rings. The van der Waals surface area contributed by atoms with Crippen molar-refractivity contribution >= 4 is 5.69 Å². The fourth-order valence-corrected chi connectivity index (χ4v) is 1.08. The van der Waals surface area contributed by atoms with Crippen molar-refractivity contribution in [2.45, 2.75) is 18.7 Å². The van der Waals surface area contributed by atoms with Crippen molar-refractivity contribution in [2.75, 3.05) is 12.3 Å². The Hall–Kier alpha value is -1.44. The first-order valence-corrected chi connectivity index (χ1v) is 4.70. The van der Waals surface area contributed by atoms with Gasteiger partial charge in [-0.15, -0.1) is 0 Å². The number of hydrogen-bond donors (Lipinski definition) is 1. The van der Waals surface area contributed by atoms with Gasteiger partial charge in [0.25, 0.3) is 0 Å². The molecule has 0 atom stereocenters. The fourth-order valence-electron chi connectivity index (χ4n) is 1.08. The van der Waals surface area contributed by atoms with Crippen LogP contribution in [0.15, 0.2) is 18.2 Å². The van der Waals surface area contributed by atoms with Gasteiger partial charge in [0.05, 0.1) is 12.3 Å². The highest BCUT2D eigenvalue weighted by molar-refractivity contribution is 5.42. The van der Waals surface area contributed by atoms with Crippen LogP contribution in [0.4, 0.5) is 32.0 Å². The van der Waals surface area contributed by atoms with E-state index in [1.807, 2.05) is 0 Å². The van der Waals surface area contributed by atoms with E-state index in [4.69, 9.17) is 5.73 Å². The Kier molecular flexibility index (Phi) is 4.10. The zero-order chi connectivity index (χ0) is 14.0. The van der Waals surface area contributed by atoms with E-state index < -0.39 is 31.1 Å². The third-order valence-corrected chi connectivity index (χ3v) is 2.06. The van der Waals surface area contributed by atoms with Crippen molar-refractivity contribution in [1.29, 1.82) is 0 Å². The first-order valence-electron chi connectivity index (χ1n) is 4.70. The number of ether oxygens (including phenoxy) is 1. The topological polar surface area (TPSA) is 35.2 Å². The number of halogens is 6. The lowest BCUT2D eigenvalue weighted by molar-refractivity contribution is -0.297. The van der Waals surface area contributed by atoms with Crippen LogP contribution in [0.1, 0.15) is 5.56 Å². The van der Waals surface area contributed by atoms with Gasteiger partial charge in [0, 0.05) is 5.56 Å². The Labute approximate surface area is 98.3 Å². The molecule has 0 fully saturated rings. The van der Waals surface area contributed by atoms with Crippen LogP contribution >= 0.6 is 0 Å². The van der Waals surface area contributed by atoms with E-state index in [0.29, 0.717) is 0 Å².